The normalized spacial score (nSPS) is 14.1. The van der Waals surface area contributed by atoms with E-state index in [0.717, 1.165) is 15.6 Å². The Labute approximate surface area is 124 Å². The molecule has 0 bridgehead atoms. The molecule has 2 aromatic carbocycles. The molecular formula is C16H17Cl2N. The summed E-state index contributed by atoms with van der Waals surface area (Å²) in [6.45, 7) is 4.24. The Morgan fingerprint density at radius 3 is 2.32 bits per heavy atom. The standard InChI is InChI=1S/C16H17Cl2N/c1-11(13-6-5-7-14(17)10-13)19-12(2)15-8-3-4-9-16(15)18/h3-12,19H,1-2H3/t11?,12-/m1/s1. The average Bonchev–Trinajstić information content (AvgIpc) is 2.39. The maximum absolute atomic E-state index is 6.21. The summed E-state index contributed by atoms with van der Waals surface area (Å²) in [6, 6.07) is 16.2. The highest BCUT2D eigenvalue weighted by molar-refractivity contribution is 6.31. The average molecular weight is 294 g/mol. The highest BCUT2D eigenvalue weighted by Crippen LogP contribution is 2.25. The van der Waals surface area contributed by atoms with Crippen LogP contribution in [-0.2, 0) is 0 Å². The van der Waals surface area contributed by atoms with E-state index in [1.165, 1.54) is 5.56 Å². The molecule has 100 valence electrons. The summed E-state index contributed by atoms with van der Waals surface area (Å²) in [5, 5.41) is 5.09. The van der Waals surface area contributed by atoms with Crippen molar-refractivity contribution in [1.29, 1.82) is 0 Å². The predicted octanol–water partition coefficient (Wildman–Crippen LogP) is 5.41. The molecule has 2 rings (SSSR count). The number of rotatable bonds is 4. The largest absolute Gasteiger partial charge is 0.304 e. The molecule has 0 aliphatic heterocycles. The van der Waals surface area contributed by atoms with Crippen molar-refractivity contribution in [3.8, 4) is 0 Å². The predicted molar refractivity (Wildman–Crippen MR) is 82.9 cm³/mol. The van der Waals surface area contributed by atoms with Crippen molar-refractivity contribution in [2.75, 3.05) is 0 Å². The minimum atomic E-state index is 0.183. The maximum Gasteiger partial charge on any atom is 0.0453 e. The van der Waals surface area contributed by atoms with Crippen molar-refractivity contribution in [1.82, 2.24) is 5.32 Å². The van der Waals surface area contributed by atoms with E-state index in [9.17, 15) is 0 Å². The third kappa shape index (κ3) is 3.73. The second-order valence-electron chi connectivity index (χ2n) is 4.69. The van der Waals surface area contributed by atoms with Crippen molar-refractivity contribution >= 4 is 23.2 Å². The topological polar surface area (TPSA) is 12.0 Å². The van der Waals surface area contributed by atoms with E-state index in [1.807, 2.05) is 42.5 Å². The molecule has 19 heavy (non-hydrogen) atoms. The van der Waals surface area contributed by atoms with Gasteiger partial charge < -0.3 is 5.32 Å². The quantitative estimate of drug-likeness (QED) is 0.795. The maximum atomic E-state index is 6.21. The van der Waals surface area contributed by atoms with Crippen LogP contribution in [0.25, 0.3) is 0 Å². The monoisotopic (exact) mass is 293 g/mol. The molecule has 0 aliphatic carbocycles. The molecule has 0 spiro atoms. The first-order valence-electron chi connectivity index (χ1n) is 6.34. The second-order valence-corrected chi connectivity index (χ2v) is 5.53. The first-order valence-corrected chi connectivity index (χ1v) is 7.09. The molecule has 2 aromatic rings. The number of hydrogen-bond acceptors (Lipinski definition) is 1. The lowest BCUT2D eigenvalue weighted by Gasteiger charge is -2.21. The smallest absolute Gasteiger partial charge is 0.0453 e. The van der Waals surface area contributed by atoms with Crippen molar-refractivity contribution < 1.29 is 0 Å². The Morgan fingerprint density at radius 1 is 0.895 bits per heavy atom. The van der Waals surface area contributed by atoms with Crippen molar-refractivity contribution in [2.45, 2.75) is 25.9 Å². The molecule has 2 atom stereocenters. The van der Waals surface area contributed by atoms with Crippen LogP contribution in [0.15, 0.2) is 48.5 Å². The molecular weight excluding hydrogens is 277 g/mol. The van der Waals surface area contributed by atoms with Gasteiger partial charge in [-0.3, -0.25) is 0 Å². The van der Waals surface area contributed by atoms with E-state index < -0.39 is 0 Å². The van der Waals surface area contributed by atoms with Crippen LogP contribution in [0.1, 0.15) is 37.1 Å². The Balaban J connectivity index is 2.11. The van der Waals surface area contributed by atoms with Gasteiger partial charge in [0, 0.05) is 22.1 Å². The SMILES string of the molecule is CC(N[C@H](C)c1ccccc1Cl)c1cccc(Cl)c1. The summed E-state index contributed by atoms with van der Waals surface area (Å²) >= 11 is 12.2. The van der Waals surface area contributed by atoms with E-state index in [0.29, 0.717) is 0 Å². The van der Waals surface area contributed by atoms with E-state index in [-0.39, 0.29) is 12.1 Å². The second kappa shape index (κ2) is 6.42. The van der Waals surface area contributed by atoms with Crippen LogP contribution >= 0.6 is 23.2 Å². The van der Waals surface area contributed by atoms with Crippen LogP contribution in [-0.4, -0.2) is 0 Å². The van der Waals surface area contributed by atoms with Gasteiger partial charge in [-0.15, -0.1) is 0 Å². The fourth-order valence-corrected chi connectivity index (χ4v) is 2.66. The number of nitrogens with one attached hydrogen (secondary N) is 1. The summed E-state index contributed by atoms with van der Waals surface area (Å²) in [5.41, 5.74) is 2.28. The minimum Gasteiger partial charge on any atom is -0.304 e. The Hall–Kier alpha value is -1.02. The van der Waals surface area contributed by atoms with Gasteiger partial charge in [0.1, 0.15) is 0 Å². The van der Waals surface area contributed by atoms with Gasteiger partial charge in [0.25, 0.3) is 0 Å². The lowest BCUT2D eigenvalue weighted by atomic mass is 10.0. The van der Waals surface area contributed by atoms with E-state index in [4.69, 9.17) is 23.2 Å². The van der Waals surface area contributed by atoms with Crippen LogP contribution in [0.2, 0.25) is 10.0 Å². The Kier molecular flexibility index (Phi) is 4.87. The molecule has 0 aliphatic rings. The summed E-state index contributed by atoms with van der Waals surface area (Å²) in [6.07, 6.45) is 0. The summed E-state index contributed by atoms with van der Waals surface area (Å²) in [4.78, 5) is 0. The first kappa shape index (κ1) is 14.4. The number of hydrogen-bond donors (Lipinski definition) is 1. The molecule has 0 saturated heterocycles. The van der Waals surface area contributed by atoms with E-state index in [2.05, 4.69) is 25.2 Å². The zero-order valence-electron chi connectivity index (χ0n) is 11.0. The number of benzene rings is 2. The zero-order chi connectivity index (χ0) is 13.8. The van der Waals surface area contributed by atoms with Crippen molar-refractivity contribution in [2.24, 2.45) is 0 Å². The van der Waals surface area contributed by atoms with Gasteiger partial charge >= 0.3 is 0 Å². The molecule has 1 nitrogen and oxygen atoms in total. The van der Waals surface area contributed by atoms with E-state index >= 15 is 0 Å². The van der Waals surface area contributed by atoms with Crippen LogP contribution < -0.4 is 5.32 Å². The Morgan fingerprint density at radius 2 is 1.63 bits per heavy atom. The van der Waals surface area contributed by atoms with Crippen LogP contribution in [0, 0.1) is 0 Å². The molecule has 0 fully saturated rings. The highest BCUT2D eigenvalue weighted by Gasteiger charge is 2.13. The van der Waals surface area contributed by atoms with Crippen molar-refractivity contribution in [3.63, 3.8) is 0 Å². The van der Waals surface area contributed by atoms with Gasteiger partial charge in [-0.2, -0.15) is 0 Å². The summed E-state index contributed by atoms with van der Waals surface area (Å²) in [5.74, 6) is 0. The zero-order valence-corrected chi connectivity index (χ0v) is 12.5. The third-order valence-electron chi connectivity index (χ3n) is 3.22. The number of halogens is 2. The molecule has 0 amide bonds. The fourth-order valence-electron chi connectivity index (χ4n) is 2.16. The highest BCUT2D eigenvalue weighted by atomic mass is 35.5. The lowest BCUT2D eigenvalue weighted by molar-refractivity contribution is 0.495. The summed E-state index contributed by atoms with van der Waals surface area (Å²) < 4.78 is 0. The van der Waals surface area contributed by atoms with Gasteiger partial charge in [0.15, 0.2) is 0 Å². The van der Waals surface area contributed by atoms with Crippen LogP contribution in [0.4, 0.5) is 0 Å². The Bertz CT molecular complexity index is 554. The first-order chi connectivity index (χ1) is 9.08. The molecule has 1 N–H and O–H groups in total. The molecule has 1 unspecified atom stereocenters. The molecule has 0 saturated carbocycles. The van der Waals surface area contributed by atoms with E-state index in [1.54, 1.807) is 0 Å². The van der Waals surface area contributed by atoms with Crippen LogP contribution in [0.3, 0.4) is 0 Å². The van der Waals surface area contributed by atoms with Gasteiger partial charge in [0.05, 0.1) is 0 Å². The molecule has 0 aromatic heterocycles. The fraction of sp³-hybridized carbons (Fsp3) is 0.250. The summed E-state index contributed by atoms with van der Waals surface area (Å²) in [7, 11) is 0. The minimum absolute atomic E-state index is 0.183. The van der Waals surface area contributed by atoms with Crippen LogP contribution in [0.5, 0.6) is 0 Å². The molecule has 0 heterocycles. The van der Waals surface area contributed by atoms with Gasteiger partial charge in [-0.1, -0.05) is 53.5 Å². The van der Waals surface area contributed by atoms with Gasteiger partial charge in [-0.25, -0.2) is 0 Å². The molecule has 3 heteroatoms. The lowest BCUT2D eigenvalue weighted by Crippen LogP contribution is -2.22. The van der Waals surface area contributed by atoms with Crippen molar-refractivity contribution in [3.05, 3.63) is 69.7 Å². The molecule has 0 radical (unpaired) electrons. The van der Waals surface area contributed by atoms with Gasteiger partial charge in [0.2, 0.25) is 0 Å². The van der Waals surface area contributed by atoms with Gasteiger partial charge in [-0.05, 0) is 43.2 Å². The third-order valence-corrected chi connectivity index (χ3v) is 3.80.